The molecule has 1 aliphatic carbocycles. The van der Waals surface area contributed by atoms with Crippen LogP contribution in [0.3, 0.4) is 0 Å². The summed E-state index contributed by atoms with van der Waals surface area (Å²) in [4.78, 5) is 34.6. The van der Waals surface area contributed by atoms with Crippen molar-refractivity contribution in [2.45, 2.75) is 45.1 Å². The fourth-order valence-corrected chi connectivity index (χ4v) is 3.32. The zero-order valence-electron chi connectivity index (χ0n) is 13.3. The van der Waals surface area contributed by atoms with E-state index in [0.717, 1.165) is 17.5 Å². The van der Waals surface area contributed by atoms with E-state index in [2.05, 4.69) is 10.4 Å². The van der Waals surface area contributed by atoms with Gasteiger partial charge in [-0.2, -0.15) is 5.10 Å². The highest BCUT2D eigenvalue weighted by atomic mass is 16.6. The molecular weight excluding hydrogens is 304 g/mol. The monoisotopic (exact) mass is 324 g/mol. The molecule has 0 aliphatic heterocycles. The largest absolute Gasteiger partial charge is 0.481 e. The summed E-state index contributed by atoms with van der Waals surface area (Å²) in [5, 5.41) is 27.2. The summed E-state index contributed by atoms with van der Waals surface area (Å²) in [7, 11) is 1.45. The lowest BCUT2D eigenvalue weighted by molar-refractivity contribution is -0.385. The summed E-state index contributed by atoms with van der Waals surface area (Å²) >= 11 is 0. The van der Waals surface area contributed by atoms with Crippen molar-refractivity contribution in [2.75, 3.05) is 0 Å². The predicted molar refractivity (Wildman–Crippen MR) is 80.1 cm³/mol. The first-order valence-electron chi connectivity index (χ1n) is 7.40. The highest BCUT2D eigenvalue weighted by Crippen LogP contribution is 2.34. The van der Waals surface area contributed by atoms with E-state index in [-0.39, 0.29) is 17.1 Å². The molecule has 0 bridgehead atoms. The second-order valence-electron chi connectivity index (χ2n) is 6.17. The van der Waals surface area contributed by atoms with Crippen LogP contribution in [0.15, 0.2) is 0 Å². The van der Waals surface area contributed by atoms with Crippen molar-refractivity contribution in [3.8, 4) is 0 Å². The molecule has 0 radical (unpaired) electrons. The van der Waals surface area contributed by atoms with Crippen LogP contribution in [0.2, 0.25) is 0 Å². The first kappa shape index (κ1) is 16.9. The van der Waals surface area contributed by atoms with Crippen LogP contribution >= 0.6 is 0 Å². The Morgan fingerprint density at radius 1 is 1.48 bits per heavy atom. The third-order valence-electron chi connectivity index (χ3n) is 4.49. The minimum atomic E-state index is -0.969. The Balaban J connectivity index is 2.35. The van der Waals surface area contributed by atoms with Crippen LogP contribution in [-0.2, 0) is 11.8 Å². The van der Waals surface area contributed by atoms with Gasteiger partial charge in [0.1, 0.15) is 5.69 Å². The van der Waals surface area contributed by atoms with E-state index < -0.39 is 28.3 Å². The fraction of sp³-hybridized carbons (Fsp3) is 0.643. The summed E-state index contributed by atoms with van der Waals surface area (Å²) in [5.74, 6) is -2.35. The Morgan fingerprint density at radius 2 is 2.13 bits per heavy atom. The topological polar surface area (TPSA) is 127 Å². The summed E-state index contributed by atoms with van der Waals surface area (Å²) in [6, 6.07) is 0. The van der Waals surface area contributed by atoms with Crippen LogP contribution in [-0.4, -0.2) is 37.2 Å². The number of amides is 1. The molecule has 0 saturated heterocycles. The molecule has 0 aromatic carbocycles. The number of carbonyl (C=O) groups excluding carboxylic acids is 1. The first-order valence-corrected chi connectivity index (χ1v) is 7.40. The van der Waals surface area contributed by atoms with Gasteiger partial charge in [0.05, 0.1) is 16.4 Å². The molecule has 1 amide bonds. The molecule has 23 heavy (non-hydrogen) atoms. The molecule has 1 fully saturated rings. The van der Waals surface area contributed by atoms with Gasteiger partial charge in [0.2, 0.25) is 5.69 Å². The maximum Gasteiger partial charge on any atom is 0.322 e. The van der Waals surface area contributed by atoms with E-state index in [1.54, 1.807) is 6.92 Å². The number of carboxylic acid groups (broad SMARTS) is 1. The highest BCUT2D eigenvalue weighted by molar-refractivity contribution is 5.97. The molecule has 2 rings (SSSR count). The van der Waals surface area contributed by atoms with Gasteiger partial charge >= 0.3 is 11.7 Å². The van der Waals surface area contributed by atoms with Crippen LogP contribution < -0.4 is 5.32 Å². The Bertz CT molecular complexity index is 668. The lowest BCUT2D eigenvalue weighted by atomic mass is 9.74. The average Bonchev–Trinajstić information content (AvgIpc) is 2.73. The first-order chi connectivity index (χ1) is 10.7. The predicted octanol–water partition coefficient (Wildman–Crippen LogP) is 1.40. The molecule has 1 heterocycles. The zero-order valence-corrected chi connectivity index (χ0v) is 13.3. The summed E-state index contributed by atoms with van der Waals surface area (Å²) in [6.45, 7) is 3.13. The minimum Gasteiger partial charge on any atom is -0.481 e. The van der Waals surface area contributed by atoms with Crippen LogP contribution in [0.25, 0.3) is 0 Å². The van der Waals surface area contributed by atoms with Gasteiger partial charge in [0.25, 0.3) is 5.91 Å². The van der Waals surface area contributed by atoms with Crippen molar-refractivity contribution >= 4 is 17.6 Å². The Kier molecular flexibility index (Phi) is 4.39. The molecule has 1 aromatic heterocycles. The van der Waals surface area contributed by atoms with Crippen LogP contribution in [0.4, 0.5) is 5.69 Å². The third kappa shape index (κ3) is 3.03. The van der Waals surface area contributed by atoms with E-state index >= 15 is 0 Å². The van der Waals surface area contributed by atoms with Gasteiger partial charge in [0.15, 0.2) is 0 Å². The Hall–Kier alpha value is -2.45. The number of nitrogens with one attached hydrogen (secondary N) is 1. The number of carbonyl (C=O) groups is 2. The number of nitro groups is 1. The molecule has 126 valence electrons. The fourth-order valence-electron chi connectivity index (χ4n) is 3.32. The van der Waals surface area contributed by atoms with Crippen LogP contribution in [0.5, 0.6) is 0 Å². The number of aryl methyl sites for hydroxylation is 2. The zero-order chi connectivity index (χ0) is 17.4. The molecule has 1 aliphatic rings. The summed E-state index contributed by atoms with van der Waals surface area (Å²) in [6.07, 6.45) is 2.57. The molecule has 0 spiro atoms. The SMILES string of the molecule is Cc1nn(C)c(C(=O)NC2(C)CCCCC2C(=O)O)c1[N+](=O)[O-]. The normalized spacial score (nSPS) is 24.2. The third-order valence-corrected chi connectivity index (χ3v) is 4.49. The number of nitrogens with zero attached hydrogens (tertiary/aromatic N) is 3. The van der Waals surface area contributed by atoms with E-state index in [4.69, 9.17) is 0 Å². The van der Waals surface area contributed by atoms with Gasteiger partial charge in [-0.15, -0.1) is 0 Å². The molecule has 2 N–H and O–H groups in total. The number of hydrogen-bond acceptors (Lipinski definition) is 5. The van der Waals surface area contributed by atoms with Crippen molar-refractivity contribution in [3.05, 3.63) is 21.5 Å². The number of carboxylic acids is 1. The van der Waals surface area contributed by atoms with E-state index in [1.165, 1.54) is 14.0 Å². The maximum absolute atomic E-state index is 12.6. The van der Waals surface area contributed by atoms with Crippen molar-refractivity contribution in [2.24, 2.45) is 13.0 Å². The summed E-state index contributed by atoms with van der Waals surface area (Å²) in [5.41, 5.74) is -1.31. The molecule has 9 nitrogen and oxygen atoms in total. The van der Waals surface area contributed by atoms with Gasteiger partial charge in [-0.05, 0) is 26.7 Å². The molecule has 2 unspecified atom stereocenters. The Morgan fingerprint density at radius 3 is 2.70 bits per heavy atom. The second-order valence-corrected chi connectivity index (χ2v) is 6.17. The molecule has 1 saturated carbocycles. The Labute approximate surface area is 132 Å². The van der Waals surface area contributed by atoms with Gasteiger partial charge in [-0.3, -0.25) is 24.4 Å². The quantitative estimate of drug-likeness (QED) is 0.636. The summed E-state index contributed by atoms with van der Waals surface area (Å²) < 4.78 is 1.16. The van der Waals surface area contributed by atoms with Crippen LogP contribution in [0, 0.1) is 23.0 Å². The van der Waals surface area contributed by atoms with Crippen molar-refractivity contribution in [3.63, 3.8) is 0 Å². The van der Waals surface area contributed by atoms with Gasteiger partial charge in [-0.1, -0.05) is 12.8 Å². The lowest BCUT2D eigenvalue weighted by Gasteiger charge is -2.39. The highest BCUT2D eigenvalue weighted by Gasteiger charge is 2.43. The second kappa shape index (κ2) is 5.98. The van der Waals surface area contributed by atoms with Gasteiger partial charge in [-0.25, -0.2) is 0 Å². The maximum atomic E-state index is 12.6. The molecular formula is C14H20N4O5. The standard InChI is InChI=1S/C14H20N4O5/c1-8-10(18(22)23)11(17(3)16-8)12(19)15-14(2)7-5-4-6-9(14)13(20)21/h9H,4-7H2,1-3H3,(H,15,19)(H,20,21). The molecule has 9 heteroatoms. The van der Waals surface area contributed by atoms with Crippen molar-refractivity contribution in [1.82, 2.24) is 15.1 Å². The average molecular weight is 324 g/mol. The number of rotatable bonds is 4. The van der Waals surface area contributed by atoms with Crippen molar-refractivity contribution in [1.29, 1.82) is 0 Å². The number of aliphatic carboxylic acids is 1. The number of hydrogen-bond donors (Lipinski definition) is 2. The molecule has 2 atom stereocenters. The van der Waals surface area contributed by atoms with Crippen molar-refractivity contribution < 1.29 is 19.6 Å². The molecule has 1 aromatic rings. The van der Waals surface area contributed by atoms with E-state index in [9.17, 15) is 24.8 Å². The van der Waals surface area contributed by atoms with Gasteiger partial charge < -0.3 is 10.4 Å². The minimum absolute atomic E-state index is 0.145. The van der Waals surface area contributed by atoms with E-state index in [0.29, 0.717) is 12.8 Å². The lowest BCUT2D eigenvalue weighted by Crippen LogP contribution is -2.55. The smallest absolute Gasteiger partial charge is 0.322 e. The van der Waals surface area contributed by atoms with Crippen LogP contribution in [0.1, 0.15) is 48.8 Å². The van der Waals surface area contributed by atoms with E-state index in [1.807, 2.05) is 0 Å². The van der Waals surface area contributed by atoms with Gasteiger partial charge in [0, 0.05) is 7.05 Å². The number of aromatic nitrogens is 2.